The molecule has 0 aromatic rings. The van der Waals surface area contributed by atoms with Crippen molar-refractivity contribution in [1.29, 1.82) is 0 Å². The van der Waals surface area contributed by atoms with Gasteiger partial charge < -0.3 is 5.32 Å². The highest BCUT2D eigenvalue weighted by Crippen LogP contribution is 2.40. The summed E-state index contributed by atoms with van der Waals surface area (Å²) in [5.74, 6) is 0. The quantitative estimate of drug-likeness (QED) is 0.209. The summed E-state index contributed by atoms with van der Waals surface area (Å²) in [6.07, 6.45) is 0.954. The smallest absolute Gasteiger partial charge is 0.349 e. The summed E-state index contributed by atoms with van der Waals surface area (Å²) in [5.41, 5.74) is -0.733. The third-order valence-corrected chi connectivity index (χ3v) is 2.69. The average molecular weight is 337 g/mol. The van der Waals surface area contributed by atoms with Gasteiger partial charge in [0.05, 0.1) is 11.8 Å². The molecule has 0 aliphatic carbocycles. The molecule has 0 saturated heterocycles. The summed E-state index contributed by atoms with van der Waals surface area (Å²) in [5, 5.41) is 5.89. The normalized spacial score (nSPS) is 12.3. The van der Waals surface area contributed by atoms with Gasteiger partial charge >= 0.3 is 6.09 Å². The minimum atomic E-state index is -1.67. The van der Waals surface area contributed by atoms with Gasteiger partial charge in [0.15, 0.2) is 0 Å². The maximum Gasteiger partial charge on any atom is 0.445 e. The molecule has 0 unspecified atom stereocenters. The third-order valence-electron chi connectivity index (χ3n) is 1.43. The second-order valence-electron chi connectivity index (χ2n) is 3.61. The van der Waals surface area contributed by atoms with Crippen LogP contribution in [0.2, 0.25) is 0 Å². The van der Waals surface area contributed by atoms with E-state index < -0.39 is 14.8 Å². The standard InChI is InChI=1S/C8H12Cl3N3O3S/c1-7(2,12-5-15)4-13-17-6(16)14(3)18-8(9,10)11/h4-5H,1-3H3,(H,12,15)/b13-4+. The molecule has 0 aliphatic rings. The third kappa shape index (κ3) is 8.68. The van der Waals surface area contributed by atoms with Crippen LogP contribution in [0.3, 0.4) is 0 Å². The van der Waals surface area contributed by atoms with E-state index >= 15 is 0 Å². The molecule has 0 fully saturated rings. The molecule has 0 radical (unpaired) electrons. The Kier molecular flexibility index (Phi) is 7.13. The molecule has 10 heteroatoms. The molecule has 6 nitrogen and oxygen atoms in total. The lowest BCUT2D eigenvalue weighted by atomic mass is 10.1. The molecule has 0 aromatic carbocycles. The summed E-state index contributed by atoms with van der Waals surface area (Å²) < 4.78 is -0.694. The van der Waals surface area contributed by atoms with Gasteiger partial charge in [-0.3, -0.25) is 9.63 Å². The first-order valence-electron chi connectivity index (χ1n) is 4.54. The molecule has 18 heavy (non-hydrogen) atoms. The number of nitrogens with one attached hydrogen (secondary N) is 1. The summed E-state index contributed by atoms with van der Waals surface area (Å²) in [7, 11) is 1.36. The second kappa shape index (κ2) is 7.28. The van der Waals surface area contributed by atoms with E-state index in [1.54, 1.807) is 13.8 Å². The first-order chi connectivity index (χ1) is 8.07. The molecule has 104 valence electrons. The van der Waals surface area contributed by atoms with E-state index in [4.69, 9.17) is 34.8 Å². The Morgan fingerprint density at radius 3 is 2.44 bits per heavy atom. The van der Waals surface area contributed by atoms with E-state index in [1.165, 1.54) is 13.3 Å². The molecule has 0 atom stereocenters. The number of amides is 2. The van der Waals surface area contributed by atoms with Crippen LogP contribution in [0.4, 0.5) is 4.79 Å². The second-order valence-corrected chi connectivity index (χ2v) is 7.91. The fraction of sp³-hybridized carbons (Fsp3) is 0.625. The van der Waals surface area contributed by atoms with Gasteiger partial charge in [0.25, 0.3) is 3.12 Å². The van der Waals surface area contributed by atoms with Gasteiger partial charge in [0.2, 0.25) is 6.41 Å². The Labute approximate surface area is 124 Å². The average Bonchev–Trinajstić information content (AvgIpc) is 2.14. The SMILES string of the molecule is CN(SC(Cl)(Cl)Cl)C(=O)O/N=C/C(C)(C)NC=O. The first kappa shape index (κ1) is 17.6. The van der Waals surface area contributed by atoms with E-state index in [1.807, 2.05) is 0 Å². The predicted octanol–water partition coefficient (Wildman–Crippen LogP) is 2.54. The van der Waals surface area contributed by atoms with Gasteiger partial charge in [-0.25, -0.2) is 9.10 Å². The van der Waals surface area contributed by atoms with Crippen LogP contribution in [0, 0.1) is 0 Å². The van der Waals surface area contributed by atoms with E-state index in [0.717, 1.165) is 4.31 Å². The number of nitrogens with zero attached hydrogens (tertiary/aromatic N) is 2. The van der Waals surface area contributed by atoms with E-state index in [0.29, 0.717) is 18.4 Å². The van der Waals surface area contributed by atoms with Crippen LogP contribution in [-0.4, -0.2) is 38.7 Å². The summed E-state index contributed by atoms with van der Waals surface area (Å²) >= 11 is 17.1. The Balaban J connectivity index is 4.26. The lowest BCUT2D eigenvalue weighted by Crippen LogP contribution is -2.39. The topological polar surface area (TPSA) is 71.0 Å². The van der Waals surface area contributed by atoms with Gasteiger partial charge in [-0.2, -0.15) is 0 Å². The largest absolute Gasteiger partial charge is 0.445 e. The zero-order chi connectivity index (χ0) is 14.4. The highest BCUT2D eigenvalue weighted by Gasteiger charge is 2.27. The van der Waals surface area contributed by atoms with E-state index in [-0.39, 0.29) is 0 Å². The molecule has 0 aliphatic heterocycles. The number of carbonyl (C=O) groups is 2. The van der Waals surface area contributed by atoms with Crippen molar-refractivity contribution in [2.45, 2.75) is 22.5 Å². The van der Waals surface area contributed by atoms with Gasteiger partial charge in [-0.05, 0) is 13.8 Å². The van der Waals surface area contributed by atoms with Crippen molar-refractivity contribution in [3.8, 4) is 0 Å². The molecular formula is C8H12Cl3N3O3S. The lowest BCUT2D eigenvalue weighted by Gasteiger charge is -2.19. The number of rotatable bonds is 5. The Morgan fingerprint density at radius 2 is 2.00 bits per heavy atom. The van der Waals surface area contributed by atoms with Crippen LogP contribution in [-0.2, 0) is 9.63 Å². The molecule has 1 N–H and O–H groups in total. The Hall–Kier alpha value is -0.370. The lowest BCUT2D eigenvalue weighted by molar-refractivity contribution is -0.110. The van der Waals surface area contributed by atoms with E-state index in [9.17, 15) is 9.59 Å². The monoisotopic (exact) mass is 335 g/mol. The number of alkyl halides is 3. The van der Waals surface area contributed by atoms with Gasteiger partial charge in [0.1, 0.15) is 0 Å². The van der Waals surface area contributed by atoms with Crippen LogP contribution >= 0.6 is 46.8 Å². The summed E-state index contributed by atoms with van der Waals surface area (Å²) in [6.45, 7) is 3.33. The van der Waals surface area contributed by atoms with Crippen molar-refractivity contribution in [1.82, 2.24) is 9.62 Å². The molecule has 0 bridgehead atoms. The fourth-order valence-electron chi connectivity index (χ4n) is 0.642. The molecule has 0 spiro atoms. The number of oxime groups is 1. The van der Waals surface area contributed by atoms with Crippen molar-refractivity contribution in [2.75, 3.05) is 7.05 Å². The molecule has 0 saturated carbocycles. The van der Waals surface area contributed by atoms with Crippen LogP contribution < -0.4 is 5.32 Å². The van der Waals surface area contributed by atoms with Crippen LogP contribution in [0.25, 0.3) is 0 Å². The number of hydrogen-bond acceptors (Lipinski definition) is 5. The zero-order valence-electron chi connectivity index (χ0n) is 9.82. The molecule has 0 aromatic heterocycles. The number of halogens is 3. The van der Waals surface area contributed by atoms with Gasteiger partial charge in [0, 0.05) is 19.0 Å². The van der Waals surface area contributed by atoms with Crippen molar-refractivity contribution in [2.24, 2.45) is 5.16 Å². The van der Waals surface area contributed by atoms with E-state index in [2.05, 4.69) is 15.3 Å². The Bertz CT molecular complexity index is 333. The van der Waals surface area contributed by atoms with Crippen molar-refractivity contribution in [3.05, 3.63) is 0 Å². The first-order valence-corrected chi connectivity index (χ1v) is 6.44. The minimum Gasteiger partial charge on any atom is -0.349 e. The summed E-state index contributed by atoms with van der Waals surface area (Å²) in [4.78, 5) is 26.1. The van der Waals surface area contributed by atoms with Crippen LogP contribution in [0.5, 0.6) is 0 Å². The molecule has 0 heterocycles. The number of carbonyl (C=O) groups excluding carboxylic acids is 2. The van der Waals surface area contributed by atoms with Crippen LogP contribution in [0.1, 0.15) is 13.8 Å². The summed E-state index contributed by atoms with van der Waals surface area (Å²) in [6, 6.07) is 0. The highest BCUT2D eigenvalue weighted by molar-refractivity contribution is 8.03. The Morgan fingerprint density at radius 1 is 1.44 bits per heavy atom. The molecular weight excluding hydrogens is 325 g/mol. The van der Waals surface area contributed by atoms with Gasteiger partial charge in [-0.15, -0.1) is 0 Å². The maximum absolute atomic E-state index is 11.4. The molecule has 2 amide bonds. The minimum absolute atomic E-state index is 0.513. The maximum atomic E-state index is 11.4. The zero-order valence-corrected chi connectivity index (χ0v) is 12.9. The number of hydrogen-bond donors (Lipinski definition) is 1. The highest BCUT2D eigenvalue weighted by atomic mass is 35.6. The fourth-order valence-corrected chi connectivity index (χ4v) is 1.99. The van der Waals surface area contributed by atoms with Crippen molar-refractivity contribution < 1.29 is 14.4 Å². The van der Waals surface area contributed by atoms with Gasteiger partial charge in [-0.1, -0.05) is 40.0 Å². The van der Waals surface area contributed by atoms with Crippen LogP contribution in [0.15, 0.2) is 5.16 Å². The van der Waals surface area contributed by atoms with Crippen molar-refractivity contribution in [3.63, 3.8) is 0 Å². The predicted molar refractivity (Wildman–Crippen MR) is 73.9 cm³/mol. The molecule has 0 rings (SSSR count). The van der Waals surface area contributed by atoms with Crippen molar-refractivity contribution >= 4 is 65.5 Å².